The van der Waals surface area contributed by atoms with Crippen LogP contribution in [0.4, 0.5) is 5.13 Å². The second-order valence-electron chi connectivity index (χ2n) is 4.12. The predicted octanol–water partition coefficient (Wildman–Crippen LogP) is 2.62. The Labute approximate surface area is 114 Å². The molecule has 0 radical (unpaired) electrons. The van der Waals surface area contributed by atoms with Gasteiger partial charge in [-0.3, -0.25) is 0 Å². The number of benzene rings is 1. The SMILES string of the molecule is Cc1cccc(OCc2nc(N)sc2C(=O)O)c1C. The molecule has 0 fully saturated rings. The van der Waals surface area contributed by atoms with Crippen molar-refractivity contribution in [2.75, 3.05) is 5.73 Å². The van der Waals surface area contributed by atoms with Crippen LogP contribution in [0, 0.1) is 13.8 Å². The zero-order chi connectivity index (χ0) is 14.0. The van der Waals surface area contributed by atoms with Gasteiger partial charge < -0.3 is 15.6 Å². The summed E-state index contributed by atoms with van der Waals surface area (Å²) in [5.74, 6) is -0.309. The van der Waals surface area contributed by atoms with Crippen molar-refractivity contribution in [3.8, 4) is 5.75 Å². The molecule has 5 nitrogen and oxygen atoms in total. The van der Waals surface area contributed by atoms with Crippen LogP contribution in [0.15, 0.2) is 18.2 Å². The van der Waals surface area contributed by atoms with Gasteiger partial charge in [-0.2, -0.15) is 0 Å². The van der Waals surface area contributed by atoms with Crippen LogP contribution in [0.25, 0.3) is 0 Å². The van der Waals surface area contributed by atoms with Gasteiger partial charge in [0.1, 0.15) is 22.9 Å². The molecule has 0 aliphatic rings. The van der Waals surface area contributed by atoms with Crippen molar-refractivity contribution in [1.82, 2.24) is 4.98 Å². The second-order valence-corrected chi connectivity index (χ2v) is 5.15. The summed E-state index contributed by atoms with van der Waals surface area (Å²) >= 11 is 0.952. The number of nitrogens with zero attached hydrogens (tertiary/aromatic N) is 1. The highest BCUT2D eigenvalue weighted by Gasteiger charge is 2.17. The standard InChI is InChI=1S/C13H14N2O3S/c1-7-4-3-5-10(8(7)2)18-6-9-11(12(16)17)19-13(14)15-9/h3-5H,6H2,1-2H3,(H2,14,15)(H,16,17). The van der Waals surface area contributed by atoms with Crippen LogP contribution in [0.3, 0.4) is 0 Å². The zero-order valence-electron chi connectivity index (χ0n) is 10.6. The van der Waals surface area contributed by atoms with Crippen molar-refractivity contribution in [3.05, 3.63) is 39.9 Å². The number of hydrogen-bond acceptors (Lipinski definition) is 5. The number of nitrogen functional groups attached to an aromatic ring is 1. The highest BCUT2D eigenvalue weighted by Crippen LogP contribution is 2.25. The maximum atomic E-state index is 11.0. The van der Waals surface area contributed by atoms with E-state index in [1.165, 1.54) is 0 Å². The Kier molecular flexibility index (Phi) is 3.71. The Bertz CT molecular complexity index is 622. The maximum Gasteiger partial charge on any atom is 0.348 e. The van der Waals surface area contributed by atoms with E-state index < -0.39 is 5.97 Å². The monoisotopic (exact) mass is 278 g/mol. The second kappa shape index (κ2) is 5.27. The van der Waals surface area contributed by atoms with E-state index in [0.29, 0.717) is 5.69 Å². The first-order valence-electron chi connectivity index (χ1n) is 5.66. The largest absolute Gasteiger partial charge is 0.487 e. The maximum absolute atomic E-state index is 11.0. The molecule has 1 heterocycles. The Hall–Kier alpha value is -2.08. The van der Waals surface area contributed by atoms with Gasteiger partial charge in [0.2, 0.25) is 0 Å². The molecule has 0 saturated heterocycles. The quantitative estimate of drug-likeness (QED) is 0.898. The Balaban J connectivity index is 2.19. The molecule has 0 bridgehead atoms. The lowest BCUT2D eigenvalue weighted by molar-refractivity contribution is 0.0699. The third-order valence-corrected chi connectivity index (χ3v) is 3.74. The fourth-order valence-corrected chi connectivity index (χ4v) is 2.34. The highest BCUT2D eigenvalue weighted by atomic mass is 32.1. The number of hydrogen-bond donors (Lipinski definition) is 2. The average Bonchev–Trinajstić information content (AvgIpc) is 2.73. The van der Waals surface area contributed by atoms with Crippen molar-refractivity contribution >= 4 is 22.4 Å². The summed E-state index contributed by atoms with van der Waals surface area (Å²) in [5, 5.41) is 9.27. The number of nitrogens with two attached hydrogens (primary N) is 1. The summed E-state index contributed by atoms with van der Waals surface area (Å²) in [6, 6.07) is 5.73. The van der Waals surface area contributed by atoms with Crippen LogP contribution in [0.5, 0.6) is 5.75 Å². The van der Waals surface area contributed by atoms with E-state index in [2.05, 4.69) is 4.98 Å². The molecule has 2 rings (SSSR count). The van der Waals surface area contributed by atoms with Gasteiger partial charge in [-0.15, -0.1) is 0 Å². The normalized spacial score (nSPS) is 10.4. The molecular formula is C13H14N2O3S. The van der Waals surface area contributed by atoms with Crippen LogP contribution >= 0.6 is 11.3 Å². The first-order chi connectivity index (χ1) is 8.99. The van der Waals surface area contributed by atoms with Crippen LogP contribution in [0.1, 0.15) is 26.5 Å². The third-order valence-electron chi connectivity index (χ3n) is 2.83. The number of aryl methyl sites for hydroxylation is 1. The molecule has 0 aliphatic carbocycles. The van der Waals surface area contributed by atoms with Gasteiger partial charge >= 0.3 is 5.97 Å². The van der Waals surface area contributed by atoms with Crippen molar-refractivity contribution < 1.29 is 14.6 Å². The molecule has 100 valence electrons. The lowest BCUT2D eigenvalue weighted by Gasteiger charge is -2.09. The number of carboxylic acid groups (broad SMARTS) is 1. The van der Waals surface area contributed by atoms with Gasteiger partial charge in [0.05, 0.1) is 0 Å². The molecule has 1 aromatic carbocycles. The number of ether oxygens (including phenoxy) is 1. The van der Waals surface area contributed by atoms with E-state index in [4.69, 9.17) is 15.6 Å². The Morgan fingerprint density at radius 1 is 1.47 bits per heavy atom. The molecule has 3 N–H and O–H groups in total. The number of aromatic nitrogens is 1. The summed E-state index contributed by atoms with van der Waals surface area (Å²) in [6.07, 6.45) is 0. The first-order valence-corrected chi connectivity index (χ1v) is 6.48. The summed E-state index contributed by atoms with van der Waals surface area (Å²) in [4.78, 5) is 15.1. The summed E-state index contributed by atoms with van der Waals surface area (Å²) in [6.45, 7) is 4.05. The van der Waals surface area contributed by atoms with Gasteiger partial charge in [-0.1, -0.05) is 23.5 Å². The van der Waals surface area contributed by atoms with Crippen molar-refractivity contribution in [1.29, 1.82) is 0 Å². The van der Waals surface area contributed by atoms with Crippen molar-refractivity contribution in [3.63, 3.8) is 0 Å². The van der Waals surface area contributed by atoms with Gasteiger partial charge in [-0.05, 0) is 31.0 Å². The molecule has 19 heavy (non-hydrogen) atoms. The number of carboxylic acids is 1. The lowest BCUT2D eigenvalue weighted by atomic mass is 10.1. The van der Waals surface area contributed by atoms with E-state index in [1.54, 1.807) is 0 Å². The summed E-state index contributed by atoms with van der Waals surface area (Å²) < 4.78 is 5.63. The van der Waals surface area contributed by atoms with Crippen LogP contribution in [-0.2, 0) is 6.61 Å². The van der Waals surface area contributed by atoms with E-state index in [0.717, 1.165) is 28.2 Å². The molecular weight excluding hydrogens is 264 g/mol. The molecule has 0 aliphatic heterocycles. The molecule has 2 aromatic rings. The van der Waals surface area contributed by atoms with E-state index >= 15 is 0 Å². The third kappa shape index (κ3) is 2.85. The summed E-state index contributed by atoms with van der Waals surface area (Å²) in [7, 11) is 0. The van der Waals surface area contributed by atoms with E-state index in [9.17, 15) is 4.79 Å². The number of carbonyl (C=O) groups is 1. The number of rotatable bonds is 4. The smallest absolute Gasteiger partial charge is 0.348 e. The highest BCUT2D eigenvalue weighted by molar-refractivity contribution is 7.17. The topological polar surface area (TPSA) is 85.4 Å². The van der Waals surface area contributed by atoms with Gasteiger partial charge in [0, 0.05) is 0 Å². The van der Waals surface area contributed by atoms with E-state index in [-0.39, 0.29) is 16.6 Å². The number of aromatic carboxylic acids is 1. The summed E-state index contributed by atoms with van der Waals surface area (Å²) in [5.41, 5.74) is 8.04. The van der Waals surface area contributed by atoms with Gasteiger partial charge in [0.25, 0.3) is 0 Å². The number of thiazole rings is 1. The van der Waals surface area contributed by atoms with Gasteiger partial charge in [-0.25, -0.2) is 9.78 Å². The number of anilines is 1. The van der Waals surface area contributed by atoms with Crippen LogP contribution in [-0.4, -0.2) is 16.1 Å². The van der Waals surface area contributed by atoms with Crippen molar-refractivity contribution in [2.24, 2.45) is 0 Å². The first kappa shape index (κ1) is 13.4. The molecule has 1 aromatic heterocycles. The fourth-order valence-electron chi connectivity index (χ4n) is 1.66. The predicted molar refractivity (Wildman–Crippen MR) is 73.7 cm³/mol. The minimum Gasteiger partial charge on any atom is -0.487 e. The molecule has 6 heteroatoms. The van der Waals surface area contributed by atoms with Crippen molar-refractivity contribution in [2.45, 2.75) is 20.5 Å². The lowest BCUT2D eigenvalue weighted by Crippen LogP contribution is -2.04. The van der Waals surface area contributed by atoms with Crippen LogP contribution < -0.4 is 10.5 Å². The van der Waals surface area contributed by atoms with Crippen LogP contribution in [0.2, 0.25) is 0 Å². The molecule has 0 spiro atoms. The fraction of sp³-hybridized carbons (Fsp3) is 0.231. The van der Waals surface area contributed by atoms with E-state index in [1.807, 2.05) is 32.0 Å². The van der Waals surface area contributed by atoms with Gasteiger partial charge in [0.15, 0.2) is 5.13 Å². The minimum atomic E-state index is -1.03. The zero-order valence-corrected chi connectivity index (χ0v) is 11.5. The molecule has 0 saturated carbocycles. The Morgan fingerprint density at radius 2 is 2.21 bits per heavy atom. The minimum absolute atomic E-state index is 0.0969. The molecule has 0 unspecified atom stereocenters. The molecule has 0 amide bonds. The average molecular weight is 278 g/mol. The Morgan fingerprint density at radius 3 is 2.89 bits per heavy atom. The molecule has 0 atom stereocenters.